The van der Waals surface area contributed by atoms with Gasteiger partial charge in [-0.3, -0.25) is 9.36 Å². The molecule has 1 amide bonds. The van der Waals surface area contributed by atoms with Gasteiger partial charge in [0.05, 0.1) is 39.9 Å². The Hall–Kier alpha value is -1.28. The van der Waals surface area contributed by atoms with Crippen LogP contribution in [0.4, 0.5) is 0 Å². The number of nitrogens with one attached hydrogen (secondary N) is 1. The lowest BCUT2D eigenvalue weighted by atomic mass is 10.1. The van der Waals surface area contributed by atoms with Crippen LogP contribution < -0.4 is 10.2 Å². The minimum atomic E-state index is -4.55. The second-order valence-corrected chi connectivity index (χ2v) is 11.1. The first-order chi connectivity index (χ1) is 16.5. The van der Waals surface area contributed by atoms with Gasteiger partial charge >= 0.3 is 0 Å². The highest BCUT2D eigenvalue weighted by Crippen LogP contribution is 2.38. The zero-order chi connectivity index (χ0) is 26.6. The van der Waals surface area contributed by atoms with E-state index in [-0.39, 0.29) is 18.9 Å². The number of phosphoric ester groups is 1. The number of hydrogen-bond acceptors (Lipinski definition) is 6. The Morgan fingerprint density at radius 2 is 1.54 bits per heavy atom. The summed E-state index contributed by atoms with van der Waals surface area (Å²) in [6.45, 7) is 4.13. The van der Waals surface area contributed by atoms with Crippen molar-refractivity contribution in [1.82, 2.24) is 5.32 Å². The molecule has 0 bridgehead atoms. The number of unbranched alkanes of at least 4 members (excludes halogenated alkanes) is 4. The number of hydrogen-bond donors (Lipinski definition) is 2. The lowest BCUT2D eigenvalue weighted by Gasteiger charge is -2.29. The molecule has 9 heteroatoms. The molecule has 3 atom stereocenters. The van der Waals surface area contributed by atoms with E-state index in [1.54, 1.807) is 6.08 Å². The van der Waals surface area contributed by atoms with Gasteiger partial charge in [0, 0.05) is 6.42 Å². The van der Waals surface area contributed by atoms with Gasteiger partial charge in [-0.15, -0.1) is 0 Å². The second-order valence-electron chi connectivity index (χ2n) is 9.67. The van der Waals surface area contributed by atoms with E-state index in [4.69, 9.17) is 9.05 Å². The largest absolute Gasteiger partial charge is 0.756 e. The predicted octanol–water partition coefficient (Wildman–Crippen LogP) is 4.26. The van der Waals surface area contributed by atoms with Crippen LogP contribution in [-0.2, 0) is 18.4 Å². The molecule has 0 saturated carbocycles. The van der Waals surface area contributed by atoms with Crippen LogP contribution in [0.5, 0.6) is 0 Å². The van der Waals surface area contributed by atoms with Crippen molar-refractivity contribution in [2.45, 2.75) is 83.8 Å². The smallest absolute Gasteiger partial charge is 0.268 e. The molecule has 0 rings (SSSR count). The Kier molecular flexibility index (Phi) is 19.1. The van der Waals surface area contributed by atoms with E-state index in [9.17, 15) is 19.4 Å². The fourth-order valence-corrected chi connectivity index (χ4v) is 3.64. The molecule has 2 N–H and O–H groups in total. The van der Waals surface area contributed by atoms with Gasteiger partial charge in [-0.2, -0.15) is 0 Å². The molecule has 35 heavy (non-hydrogen) atoms. The average molecular weight is 517 g/mol. The minimum Gasteiger partial charge on any atom is -0.756 e. The van der Waals surface area contributed by atoms with Gasteiger partial charge in [0.1, 0.15) is 13.2 Å². The standard InChI is InChI=1S/C26H49N2O6P/c1-6-8-9-10-11-12-13-14-15-16-17-18-20-25(29)24(27-26(30)19-7-2)23-34-35(31,32)33-22-21-28(3,4)5/h10-11,14-15,18,20,24-25,29H,6-9,12-13,16-17,19,21-23H2,1-5H3,(H-,27,30,31,32)/b11-10+,15-14+,20-18+. The zero-order valence-electron chi connectivity index (χ0n) is 22.5. The molecule has 204 valence electrons. The summed E-state index contributed by atoms with van der Waals surface area (Å²) in [6.07, 6.45) is 19.2. The summed E-state index contributed by atoms with van der Waals surface area (Å²) in [5.41, 5.74) is 0. The first-order valence-electron chi connectivity index (χ1n) is 12.9. The summed E-state index contributed by atoms with van der Waals surface area (Å²) in [5.74, 6) is -0.271. The summed E-state index contributed by atoms with van der Waals surface area (Å²) in [4.78, 5) is 24.1. The van der Waals surface area contributed by atoms with E-state index in [0.717, 1.165) is 32.1 Å². The molecule has 0 aliphatic heterocycles. The number of rotatable bonds is 21. The molecule has 3 unspecified atom stereocenters. The monoisotopic (exact) mass is 516 g/mol. The third kappa shape index (κ3) is 21.7. The molecule has 8 nitrogen and oxygen atoms in total. The van der Waals surface area contributed by atoms with Crippen LogP contribution >= 0.6 is 7.82 Å². The second kappa shape index (κ2) is 19.9. The number of quaternary nitrogens is 1. The Morgan fingerprint density at radius 1 is 0.971 bits per heavy atom. The van der Waals surface area contributed by atoms with Gasteiger partial charge in [0.15, 0.2) is 0 Å². The highest BCUT2D eigenvalue weighted by Gasteiger charge is 2.22. The third-order valence-electron chi connectivity index (χ3n) is 5.05. The first kappa shape index (κ1) is 33.7. The van der Waals surface area contributed by atoms with Crippen molar-refractivity contribution in [2.75, 3.05) is 40.9 Å². The normalized spacial score (nSPS) is 16.2. The van der Waals surface area contributed by atoms with E-state index in [1.165, 1.54) is 12.8 Å². The molecular weight excluding hydrogens is 467 g/mol. The first-order valence-corrected chi connectivity index (χ1v) is 14.3. The van der Waals surface area contributed by atoms with Crippen LogP contribution in [0.15, 0.2) is 36.5 Å². The Labute approximate surface area is 213 Å². The van der Waals surface area contributed by atoms with Crippen molar-refractivity contribution < 1.29 is 32.9 Å². The molecule has 0 heterocycles. The van der Waals surface area contributed by atoms with Crippen LogP contribution in [0.3, 0.4) is 0 Å². The summed E-state index contributed by atoms with van der Waals surface area (Å²) >= 11 is 0. The molecule has 0 aliphatic carbocycles. The zero-order valence-corrected chi connectivity index (χ0v) is 23.4. The lowest BCUT2D eigenvalue weighted by molar-refractivity contribution is -0.870. The number of carbonyl (C=O) groups is 1. The fraction of sp³-hybridized carbons (Fsp3) is 0.731. The van der Waals surface area contributed by atoms with Crippen LogP contribution in [0.1, 0.15) is 71.6 Å². The quantitative estimate of drug-likeness (QED) is 0.102. The van der Waals surface area contributed by atoms with Gasteiger partial charge in [-0.1, -0.05) is 63.1 Å². The van der Waals surface area contributed by atoms with Gasteiger partial charge in [-0.05, 0) is 38.5 Å². The molecule has 0 aromatic carbocycles. The molecular formula is C26H49N2O6P. The number of likely N-dealkylation sites (N-methyl/N-ethyl adjacent to an activating group) is 1. The molecule has 0 aromatic rings. The van der Waals surface area contributed by atoms with Crippen LogP contribution in [-0.4, -0.2) is 68.5 Å². The van der Waals surface area contributed by atoms with Crippen molar-refractivity contribution >= 4 is 13.7 Å². The van der Waals surface area contributed by atoms with Crippen molar-refractivity contribution in [3.8, 4) is 0 Å². The van der Waals surface area contributed by atoms with Gasteiger partial charge < -0.3 is 28.8 Å². The summed E-state index contributed by atoms with van der Waals surface area (Å²) in [6, 6.07) is -0.899. The Bertz CT molecular complexity index is 688. The van der Waals surface area contributed by atoms with Gasteiger partial charge in [0.25, 0.3) is 7.82 Å². The highest BCUT2D eigenvalue weighted by atomic mass is 31.2. The van der Waals surface area contributed by atoms with Crippen molar-refractivity contribution in [3.05, 3.63) is 36.5 Å². The topological polar surface area (TPSA) is 108 Å². The molecule has 0 aromatic heterocycles. The molecule has 0 saturated heterocycles. The molecule has 0 aliphatic rings. The number of allylic oxidation sites excluding steroid dienone is 5. The highest BCUT2D eigenvalue weighted by molar-refractivity contribution is 7.45. The van der Waals surface area contributed by atoms with E-state index in [2.05, 4.69) is 36.5 Å². The maximum atomic E-state index is 12.1. The predicted molar refractivity (Wildman–Crippen MR) is 141 cm³/mol. The maximum Gasteiger partial charge on any atom is 0.268 e. The number of aliphatic hydroxyl groups excluding tert-OH is 1. The van der Waals surface area contributed by atoms with E-state index in [1.807, 2.05) is 34.1 Å². The number of aliphatic hydroxyl groups is 1. The summed E-state index contributed by atoms with van der Waals surface area (Å²) < 4.78 is 22.5. The van der Waals surface area contributed by atoms with E-state index >= 15 is 0 Å². The molecule has 0 radical (unpaired) electrons. The summed E-state index contributed by atoms with van der Waals surface area (Å²) in [5, 5.41) is 13.2. The van der Waals surface area contributed by atoms with Crippen LogP contribution in [0.2, 0.25) is 0 Å². The van der Waals surface area contributed by atoms with Gasteiger partial charge in [0.2, 0.25) is 5.91 Å². The number of carbonyl (C=O) groups excluding carboxylic acids is 1. The molecule has 0 fully saturated rings. The minimum absolute atomic E-state index is 0.0116. The number of nitrogens with zero attached hydrogens (tertiary/aromatic N) is 1. The van der Waals surface area contributed by atoms with Crippen LogP contribution in [0.25, 0.3) is 0 Å². The Balaban J connectivity index is 4.58. The van der Waals surface area contributed by atoms with Gasteiger partial charge in [-0.25, -0.2) is 0 Å². The van der Waals surface area contributed by atoms with Crippen molar-refractivity contribution in [2.24, 2.45) is 0 Å². The van der Waals surface area contributed by atoms with Crippen molar-refractivity contribution in [1.29, 1.82) is 0 Å². The third-order valence-corrected chi connectivity index (χ3v) is 6.01. The SMILES string of the molecule is CCCC/C=C/CC/C=C/CC/C=C/C(O)C(COP(=O)([O-])OCC[N+](C)(C)C)NC(=O)CCC. The lowest BCUT2D eigenvalue weighted by Crippen LogP contribution is -2.45. The van der Waals surface area contributed by atoms with Crippen molar-refractivity contribution in [3.63, 3.8) is 0 Å². The summed E-state index contributed by atoms with van der Waals surface area (Å²) in [7, 11) is 1.21. The Morgan fingerprint density at radius 3 is 2.09 bits per heavy atom. The maximum absolute atomic E-state index is 12.1. The fourth-order valence-electron chi connectivity index (χ4n) is 2.92. The van der Waals surface area contributed by atoms with E-state index < -0.39 is 26.6 Å². The number of phosphoric acid groups is 1. The van der Waals surface area contributed by atoms with Crippen LogP contribution in [0, 0.1) is 0 Å². The average Bonchev–Trinajstić information content (AvgIpc) is 2.76. The van der Waals surface area contributed by atoms with E-state index in [0.29, 0.717) is 17.4 Å². The molecule has 0 spiro atoms. The number of amides is 1.